The first-order chi connectivity index (χ1) is 18.1. The molecular weight excluding hydrogens is 542 g/mol. The fourth-order valence-corrected chi connectivity index (χ4v) is 5.48. The number of hydrogen-bond donors (Lipinski definition) is 1. The monoisotopic (exact) mass is 565 g/mol. The second-order valence-electron chi connectivity index (χ2n) is 7.74. The van der Waals surface area contributed by atoms with E-state index >= 15 is 0 Å². The van der Waals surface area contributed by atoms with Gasteiger partial charge in [0.1, 0.15) is 28.8 Å². The summed E-state index contributed by atoms with van der Waals surface area (Å²) in [7, 11) is -4.37. The van der Waals surface area contributed by atoms with Crippen molar-refractivity contribution < 1.29 is 46.2 Å². The van der Waals surface area contributed by atoms with Gasteiger partial charge in [-0.3, -0.25) is 4.79 Å². The van der Waals surface area contributed by atoms with Crippen LogP contribution in [0.4, 0.5) is 5.00 Å². The molecule has 3 heterocycles. The number of ether oxygens (including phenoxy) is 4. The second-order valence-corrected chi connectivity index (χ2v) is 10.6. The van der Waals surface area contributed by atoms with Crippen LogP contribution in [0.3, 0.4) is 0 Å². The zero-order chi connectivity index (χ0) is 27.4. The molecule has 13 nitrogen and oxygen atoms in total. The van der Waals surface area contributed by atoms with Gasteiger partial charge in [-0.25, -0.2) is 18.0 Å². The first-order valence-electron chi connectivity index (χ1n) is 11.4. The number of sulfone groups is 1. The minimum atomic E-state index is -4.37. The van der Waals surface area contributed by atoms with Crippen LogP contribution in [-0.2, 0) is 24.1 Å². The standard InChI is InChI=1S/C23H23N3O10S2/c1-4-32-21(28)17-12(3)18(22(29)33-5-2)37-20(17)24-16(27)11-38(30,31)23-26-25-19(36-23)13-6-7-14-15(10-13)35-9-8-34-14/h6-7,10H,4-5,8-9,11H2,1-3H3,(H,24,27). The van der Waals surface area contributed by atoms with Crippen molar-refractivity contribution in [2.24, 2.45) is 0 Å². The lowest BCUT2D eigenvalue weighted by Crippen LogP contribution is -2.24. The first kappa shape index (κ1) is 27.1. The summed E-state index contributed by atoms with van der Waals surface area (Å²) in [6, 6.07) is 4.80. The van der Waals surface area contributed by atoms with E-state index in [1.54, 1.807) is 32.0 Å². The molecule has 1 aliphatic rings. The maximum atomic E-state index is 12.8. The molecule has 0 bridgehead atoms. The number of carbonyl (C=O) groups is 3. The molecule has 1 N–H and O–H groups in total. The normalized spacial score (nSPS) is 12.6. The molecule has 1 amide bonds. The summed E-state index contributed by atoms with van der Waals surface area (Å²) in [4.78, 5) is 37.6. The number of aromatic nitrogens is 2. The van der Waals surface area contributed by atoms with Crippen molar-refractivity contribution >= 4 is 44.0 Å². The van der Waals surface area contributed by atoms with Crippen molar-refractivity contribution in [1.82, 2.24) is 10.2 Å². The Morgan fingerprint density at radius 3 is 2.42 bits per heavy atom. The Bertz CT molecular complexity index is 1490. The number of benzene rings is 1. The van der Waals surface area contributed by atoms with Crippen LogP contribution in [0.2, 0.25) is 0 Å². The van der Waals surface area contributed by atoms with Gasteiger partial charge in [-0.1, -0.05) is 5.10 Å². The number of fused-ring (bicyclic) bond motifs is 1. The van der Waals surface area contributed by atoms with E-state index in [0.29, 0.717) is 30.3 Å². The third-order valence-electron chi connectivity index (χ3n) is 5.12. The quantitative estimate of drug-likeness (QED) is 0.376. The van der Waals surface area contributed by atoms with Crippen molar-refractivity contribution in [1.29, 1.82) is 0 Å². The molecular formula is C23H23N3O10S2. The van der Waals surface area contributed by atoms with Gasteiger partial charge in [0.2, 0.25) is 21.6 Å². The molecule has 0 aliphatic carbocycles. The van der Waals surface area contributed by atoms with E-state index in [2.05, 4.69) is 15.5 Å². The Kier molecular flexibility index (Phi) is 7.97. The summed E-state index contributed by atoms with van der Waals surface area (Å²) in [6.07, 6.45) is 0. The maximum Gasteiger partial charge on any atom is 0.348 e. The van der Waals surface area contributed by atoms with E-state index in [1.807, 2.05) is 0 Å². The highest BCUT2D eigenvalue weighted by Gasteiger charge is 2.31. The third-order valence-corrected chi connectivity index (χ3v) is 7.65. The van der Waals surface area contributed by atoms with Crippen LogP contribution < -0.4 is 14.8 Å². The molecule has 0 radical (unpaired) electrons. The molecule has 202 valence electrons. The fourth-order valence-electron chi connectivity index (χ4n) is 3.47. The predicted molar refractivity (Wildman–Crippen MR) is 132 cm³/mol. The van der Waals surface area contributed by atoms with Gasteiger partial charge >= 0.3 is 17.2 Å². The molecule has 0 saturated heterocycles. The molecule has 38 heavy (non-hydrogen) atoms. The number of rotatable bonds is 9. The highest BCUT2D eigenvalue weighted by atomic mass is 32.2. The average Bonchev–Trinajstić information content (AvgIpc) is 3.49. The van der Waals surface area contributed by atoms with Gasteiger partial charge in [0.05, 0.1) is 18.8 Å². The van der Waals surface area contributed by atoms with E-state index in [9.17, 15) is 22.8 Å². The minimum Gasteiger partial charge on any atom is -0.486 e. The van der Waals surface area contributed by atoms with E-state index < -0.39 is 38.7 Å². The molecule has 0 saturated carbocycles. The van der Waals surface area contributed by atoms with Gasteiger partial charge in [-0.15, -0.1) is 16.4 Å². The third kappa shape index (κ3) is 5.62. The lowest BCUT2D eigenvalue weighted by molar-refractivity contribution is -0.113. The second kappa shape index (κ2) is 11.2. The fraction of sp³-hybridized carbons (Fsp3) is 0.348. The van der Waals surface area contributed by atoms with Crippen LogP contribution in [-0.4, -0.2) is 68.6 Å². The number of hydrogen-bond acceptors (Lipinski definition) is 13. The molecule has 15 heteroatoms. The van der Waals surface area contributed by atoms with Gasteiger partial charge in [0, 0.05) is 5.56 Å². The number of nitrogens with one attached hydrogen (secondary N) is 1. The van der Waals surface area contributed by atoms with Crippen LogP contribution in [0, 0.1) is 6.92 Å². The van der Waals surface area contributed by atoms with Gasteiger partial charge in [-0.2, -0.15) is 0 Å². The Balaban J connectivity index is 1.53. The van der Waals surface area contributed by atoms with Gasteiger partial charge in [-0.05, 0) is 44.5 Å². The number of amides is 1. The highest BCUT2D eigenvalue weighted by molar-refractivity contribution is 7.91. The molecule has 1 aliphatic heterocycles. The molecule has 1 aromatic carbocycles. The minimum absolute atomic E-state index is 0.0491. The smallest absolute Gasteiger partial charge is 0.348 e. The van der Waals surface area contributed by atoms with Crippen LogP contribution >= 0.6 is 11.3 Å². The molecule has 2 aromatic heterocycles. The van der Waals surface area contributed by atoms with E-state index in [-0.39, 0.29) is 40.1 Å². The largest absolute Gasteiger partial charge is 0.486 e. The summed E-state index contributed by atoms with van der Waals surface area (Å²) in [5.74, 6) is -2.65. The zero-order valence-electron chi connectivity index (χ0n) is 20.6. The topological polar surface area (TPSA) is 173 Å². The van der Waals surface area contributed by atoms with Gasteiger partial charge in [0.15, 0.2) is 11.5 Å². The summed E-state index contributed by atoms with van der Waals surface area (Å²) in [5, 5.41) is 8.91. The van der Waals surface area contributed by atoms with Crippen LogP contribution in [0.5, 0.6) is 11.5 Å². The Morgan fingerprint density at radius 2 is 1.71 bits per heavy atom. The molecule has 0 unspecified atom stereocenters. The number of anilines is 1. The molecule has 0 atom stereocenters. The number of nitrogens with zero attached hydrogens (tertiary/aromatic N) is 2. The highest BCUT2D eigenvalue weighted by Crippen LogP contribution is 2.35. The summed E-state index contributed by atoms with van der Waals surface area (Å²) >= 11 is 0.775. The predicted octanol–water partition coefficient (Wildman–Crippen LogP) is 2.64. The SMILES string of the molecule is CCOC(=O)c1sc(NC(=O)CS(=O)(=O)c2nnc(-c3ccc4c(c3)OCCO4)o2)c(C(=O)OCC)c1C. The number of carbonyl (C=O) groups excluding carboxylic acids is 3. The van der Waals surface area contributed by atoms with Crippen molar-refractivity contribution in [2.75, 3.05) is 37.5 Å². The average molecular weight is 566 g/mol. The maximum absolute atomic E-state index is 12.8. The Labute approximate surface area is 221 Å². The van der Waals surface area contributed by atoms with Crippen molar-refractivity contribution in [3.63, 3.8) is 0 Å². The summed E-state index contributed by atoms with van der Waals surface area (Å²) in [5.41, 5.74) is 0.572. The van der Waals surface area contributed by atoms with E-state index in [4.69, 9.17) is 23.4 Å². The van der Waals surface area contributed by atoms with Crippen molar-refractivity contribution in [3.05, 3.63) is 34.2 Å². The van der Waals surface area contributed by atoms with Crippen molar-refractivity contribution in [2.45, 2.75) is 26.0 Å². The lowest BCUT2D eigenvalue weighted by atomic mass is 10.1. The summed E-state index contributed by atoms with van der Waals surface area (Å²) in [6.45, 7) is 5.64. The number of esters is 2. The van der Waals surface area contributed by atoms with E-state index in [0.717, 1.165) is 11.3 Å². The number of thiophene rings is 1. The van der Waals surface area contributed by atoms with Crippen LogP contribution in [0.1, 0.15) is 39.4 Å². The van der Waals surface area contributed by atoms with Crippen LogP contribution in [0.25, 0.3) is 11.5 Å². The van der Waals surface area contributed by atoms with Crippen LogP contribution in [0.15, 0.2) is 27.8 Å². The zero-order valence-corrected chi connectivity index (χ0v) is 22.2. The lowest BCUT2D eigenvalue weighted by Gasteiger charge is -2.18. The molecule has 0 spiro atoms. The van der Waals surface area contributed by atoms with Gasteiger partial charge < -0.3 is 28.7 Å². The summed E-state index contributed by atoms with van der Waals surface area (Å²) < 4.78 is 52.0. The molecule has 0 fully saturated rings. The van der Waals surface area contributed by atoms with E-state index in [1.165, 1.54) is 6.92 Å². The Hall–Kier alpha value is -3.98. The Morgan fingerprint density at radius 1 is 1.03 bits per heavy atom. The molecule has 3 aromatic rings. The molecule has 4 rings (SSSR count). The van der Waals surface area contributed by atoms with Gasteiger partial charge in [0.25, 0.3) is 0 Å². The first-order valence-corrected chi connectivity index (χ1v) is 13.8. The van der Waals surface area contributed by atoms with Crippen molar-refractivity contribution in [3.8, 4) is 23.0 Å².